The highest BCUT2D eigenvalue weighted by Crippen LogP contribution is 2.28. The van der Waals surface area contributed by atoms with Crippen molar-refractivity contribution in [1.29, 1.82) is 0 Å². The van der Waals surface area contributed by atoms with E-state index in [1.807, 2.05) is 6.07 Å². The summed E-state index contributed by atoms with van der Waals surface area (Å²) < 4.78 is 27.6. The van der Waals surface area contributed by atoms with Gasteiger partial charge < -0.3 is 4.90 Å². The van der Waals surface area contributed by atoms with E-state index in [2.05, 4.69) is 15.9 Å². The molecule has 4 heteroatoms. The van der Waals surface area contributed by atoms with E-state index in [0.717, 1.165) is 5.56 Å². The minimum atomic E-state index is -0.371. The highest BCUT2D eigenvalue weighted by Gasteiger charge is 2.12. The van der Waals surface area contributed by atoms with Crippen molar-refractivity contribution in [3.63, 3.8) is 0 Å². The van der Waals surface area contributed by atoms with Gasteiger partial charge in [0.1, 0.15) is 11.6 Å². The summed E-state index contributed by atoms with van der Waals surface area (Å²) >= 11 is 3.27. The van der Waals surface area contributed by atoms with Crippen LogP contribution in [-0.2, 0) is 5.33 Å². The summed E-state index contributed by atoms with van der Waals surface area (Å²) in [5, 5.41) is 0.591. The van der Waals surface area contributed by atoms with E-state index >= 15 is 0 Å². The molecule has 2 aromatic carbocycles. The summed E-state index contributed by atoms with van der Waals surface area (Å²) in [5.41, 5.74) is 1.55. The average Bonchev–Trinajstić information content (AvgIpc) is 2.38. The van der Waals surface area contributed by atoms with Gasteiger partial charge in [0.15, 0.2) is 0 Å². The van der Waals surface area contributed by atoms with Crippen LogP contribution in [0.5, 0.6) is 0 Å². The molecule has 0 aromatic heterocycles. The molecule has 0 spiro atoms. The summed E-state index contributed by atoms with van der Waals surface area (Å²) in [6.07, 6.45) is 0. The largest absolute Gasteiger partial charge is 0.340 e. The Morgan fingerprint density at radius 1 is 1.00 bits per heavy atom. The molecule has 94 valence electrons. The number of hydrogen-bond acceptors (Lipinski definition) is 1. The van der Waals surface area contributed by atoms with Crippen LogP contribution in [-0.4, -0.2) is 7.05 Å². The third kappa shape index (κ3) is 2.53. The molecule has 0 saturated carbocycles. The zero-order valence-electron chi connectivity index (χ0n) is 9.83. The van der Waals surface area contributed by atoms with Gasteiger partial charge in [-0.3, -0.25) is 0 Å². The van der Waals surface area contributed by atoms with Crippen molar-refractivity contribution in [3.05, 3.63) is 59.7 Å². The van der Waals surface area contributed by atoms with E-state index in [-0.39, 0.29) is 11.6 Å². The Balaban J connectivity index is 2.40. The maximum absolute atomic E-state index is 13.9. The van der Waals surface area contributed by atoms with Gasteiger partial charge in [-0.05, 0) is 29.8 Å². The van der Waals surface area contributed by atoms with Crippen molar-refractivity contribution in [2.75, 3.05) is 11.9 Å². The first-order chi connectivity index (χ1) is 8.63. The SMILES string of the molecule is CN(c1ccccc1F)c1ccc(CBr)cc1F. The zero-order valence-corrected chi connectivity index (χ0v) is 11.4. The number of halogens is 3. The number of nitrogens with zero attached hydrogens (tertiary/aromatic N) is 1. The first-order valence-corrected chi connectivity index (χ1v) is 6.58. The molecule has 0 aliphatic rings. The lowest BCUT2D eigenvalue weighted by Gasteiger charge is -2.20. The molecule has 0 fully saturated rings. The van der Waals surface area contributed by atoms with Crippen molar-refractivity contribution in [3.8, 4) is 0 Å². The predicted molar refractivity (Wildman–Crippen MR) is 73.5 cm³/mol. The van der Waals surface area contributed by atoms with Gasteiger partial charge in [0, 0.05) is 12.4 Å². The van der Waals surface area contributed by atoms with Crippen LogP contribution in [0.4, 0.5) is 20.2 Å². The Hall–Kier alpha value is -1.42. The van der Waals surface area contributed by atoms with E-state index in [4.69, 9.17) is 0 Å². The fourth-order valence-electron chi connectivity index (χ4n) is 1.76. The van der Waals surface area contributed by atoms with Crippen molar-refractivity contribution in [1.82, 2.24) is 0 Å². The Labute approximate surface area is 113 Å². The summed E-state index contributed by atoms with van der Waals surface area (Å²) in [7, 11) is 1.64. The molecule has 0 aliphatic carbocycles. The van der Waals surface area contributed by atoms with Gasteiger partial charge in [0.05, 0.1) is 11.4 Å². The molecule has 0 radical (unpaired) electrons. The van der Waals surface area contributed by atoms with Crippen LogP contribution in [0.2, 0.25) is 0 Å². The monoisotopic (exact) mass is 311 g/mol. The molecule has 1 nitrogen and oxygen atoms in total. The summed E-state index contributed by atoms with van der Waals surface area (Å²) in [6, 6.07) is 11.2. The molecule has 0 heterocycles. The van der Waals surface area contributed by atoms with Crippen LogP contribution in [0.25, 0.3) is 0 Å². The number of hydrogen-bond donors (Lipinski definition) is 0. The molecule has 2 aromatic rings. The molecule has 2 rings (SSSR count). The Morgan fingerprint density at radius 3 is 2.28 bits per heavy atom. The summed E-state index contributed by atoms with van der Waals surface area (Å²) in [4.78, 5) is 1.50. The number of anilines is 2. The first kappa shape index (κ1) is 13.0. The van der Waals surface area contributed by atoms with Crippen LogP contribution in [0.1, 0.15) is 5.56 Å². The van der Waals surface area contributed by atoms with Crippen LogP contribution >= 0.6 is 15.9 Å². The van der Waals surface area contributed by atoms with Crippen molar-refractivity contribution in [2.45, 2.75) is 5.33 Å². The minimum absolute atomic E-state index is 0.350. The lowest BCUT2D eigenvalue weighted by molar-refractivity contribution is 0.617. The third-order valence-corrected chi connectivity index (χ3v) is 3.39. The molecular formula is C14H12BrF2N. The van der Waals surface area contributed by atoms with Gasteiger partial charge in [-0.1, -0.05) is 34.1 Å². The second-order valence-corrected chi connectivity index (χ2v) is 4.49. The quantitative estimate of drug-likeness (QED) is 0.747. The second-order valence-electron chi connectivity index (χ2n) is 3.93. The first-order valence-electron chi connectivity index (χ1n) is 5.46. The lowest BCUT2D eigenvalue weighted by atomic mass is 10.2. The van der Waals surface area contributed by atoms with Gasteiger partial charge in [-0.2, -0.15) is 0 Å². The number of alkyl halides is 1. The number of benzene rings is 2. The zero-order chi connectivity index (χ0) is 13.1. The van der Waals surface area contributed by atoms with Gasteiger partial charge in [-0.25, -0.2) is 8.78 Å². The smallest absolute Gasteiger partial charge is 0.147 e. The Kier molecular flexibility index (Phi) is 3.97. The molecule has 18 heavy (non-hydrogen) atoms. The van der Waals surface area contributed by atoms with Gasteiger partial charge in [0.25, 0.3) is 0 Å². The fourth-order valence-corrected chi connectivity index (χ4v) is 2.11. The maximum atomic E-state index is 13.9. The number of para-hydroxylation sites is 1. The van der Waals surface area contributed by atoms with Gasteiger partial charge in [-0.15, -0.1) is 0 Å². The van der Waals surface area contributed by atoms with E-state index in [9.17, 15) is 8.78 Å². The van der Waals surface area contributed by atoms with Crippen molar-refractivity contribution < 1.29 is 8.78 Å². The van der Waals surface area contributed by atoms with Gasteiger partial charge in [0.2, 0.25) is 0 Å². The maximum Gasteiger partial charge on any atom is 0.147 e. The van der Waals surface area contributed by atoms with Crippen LogP contribution in [0, 0.1) is 11.6 Å². The third-order valence-electron chi connectivity index (χ3n) is 2.74. The average molecular weight is 312 g/mol. The predicted octanol–water partition coefficient (Wildman–Crippen LogP) is 4.63. The number of rotatable bonds is 3. The van der Waals surface area contributed by atoms with Crippen LogP contribution < -0.4 is 4.90 Å². The minimum Gasteiger partial charge on any atom is -0.340 e. The molecule has 0 saturated heterocycles. The lowest BCUT2D eigenvalue weighted by Crippen LogP contribution is -2.12. The molecule has 0 N–H and O–H groups in total. The van der Waals surface area contributed by atoms with Crippen molar-refractivity contribution in [2.24, 2.45) is 0 Å². The summed E-state index contributed by atoms with van der Waals surface area (Å²) in [6.45, 7) is 0. The van der Waals surface area contributed by atoms with Crippen LogP contribution in [0.15, 0.2) is 42.5 Å². The Bertz CT molecular complexity index is 557. The Morgan fingerprint density at radius 2 is 1.67 bits per heavy atom. The van der Waals surface area contributed by atoms with E-state index in [0.29, 0.717) is 16.7 Å². The standard InChI is InChI=1S/C14H12BrF2N/c1-18(13-5-3-2-4-11(13)16)14-7-6-10(9-15)8-12(14)17/h2-8H,9H2,1H3. The van der Waals surface area contributed by atoms with E-state index < -0.39 is 0 Å². The molecule has 0 atom stereocenters. The van der Waals surface area contributed by atoms with E-state index in [1.54, 1.807) is 31.3 Å². The summed E-state index contributed by atoms with van der Waals surface area (Å²) in [5.74, 6) is -0.735. The van der Waals surface area contributed by atoms with Crippen molar-refractivity contribution >= 4 is 27.3 Å². The molecule has 0 amide bonds. The highest BCUT2D eigenvalue weighted by molar-refractivity contribution is 9.08. The second kappa shape index (κ2) is 5.48. The molecule has 0 unspecified atom stereocenters. The topological polar surface area (TPSA) is 3.24 Å². The highest BCUT2D eigenvalue weighted by atomic mass is 79.9. The fraction of sp³-hybridized carbons (Fsp3) is 0.143. The van der Waals surface area contributed by atoms with E-state index in [1.165, 1.54) is 17.0 Å². The molecule has 0 aliphatic heterocycles. The molecule has 0 bridgehead atoms. The normalized spacial score (nSPS) is 10.4. The van der Waals surface area contributed by atoms with Gasteiger partial charge >= 0.3 is 0 Å². The molecular weight excluding hydrogens is 300 g/mol. The van der Waals surface area contributed by atoms with Crippen LogP contribution in [0.3, 0.4) is 0 Å².